The number of ether oxygens (including phenoxy) is 6. The zero-order valence-electron chi connectivity index (χ0n) is 17.7. The van der Waals surface area contributed by atoms with Crippen molar-refractivity contribution in [2.45, 2.75) is 30.7 Å². The normalized spacial score (nSPS) is 27.9. The fourth-order valence-corrected chi connectivity index (χ4v) is 4.01. The minimum absolute atomic E-state index is 0.164. The van der Waals surface area contributed by atoms with Gasteiger partial charge in [0.15, 0.2) is 11.5 Å². The maximum absolute atomic E-state index is 10.2. The first-order valence-electron chi connectivity index (χ1n) is 10.4. The van der Waals surface area contributed by atoms with Crippen LogP contribution < -0.4 is 23.7 Å². The Hall–Kier alpha value is -3.02. The molecule has 2 aromatic carbocycles. The van der Waals surface area contributed by atoms with Gasteiger partial charge in [0, 0.05) is 28.8 Å². The van der Waals surface area contributed by atoms with Gasteiger partial charge in [0.1, 0.15) is 48.3 Å². The highest BCUT2D eigenvalue weighted by atomic mass is 16.7. The minimum Gasteiger partial charge on any atom is -0.496 e. The molecular weight excluding hydrogens is 436 g/mol. The summed E-state index contributed by atoms with van der Waals surface area (Å²) in [7, 11) is 1.59. The molecule has 0 aliphatic carbocycles. The molecule has 10 heteroatoms. The molecule has 2 aromatic rings. The van der Waals surface area contributed by atoms with Crippen LogP contribution in [0.2, 0.25) is 0 Å². The average Bonchev–Trinajstić information content (AvgIpc) is 3.30. The van der Waals surface area contributed by atoms with Crippen LogP contribution in [0.4, 0.5) is 0 Å². The number of rotatable bonds is 5. The van der Waals surface area contributed by atoms with Gasteiger partial charge in [-0.05, 0) is 24.3 Å². The van der Waals surface area contributed by atoms with Crippen LogP contribution in [0.25, 0.3) is 11.6 Å². The lowest BCUT2D eigenvalue weighted by atomic mass is 9.99. The van der Waals surface area contributed by atoms with E-state index in [-0.39, 0.29) is 13.4 Å². The van der Waals surface area contributed by atoms with E-state index in [2.05, 4.69) is 0 Å². The highest BCUT2D eigenvalue weighted by Gasteiger charge is 2.44. The molecule has 0 aromatic heterocycles. The molecule has 3 aliphatic rings. The molecule has 3 aliphatic heterocycles. The SMILES string of the molecule is COc1cc2c(cc1C1=Cc3ccc(OC4OC(CO)C(O)C(O)C4O)cc3OC1)OCO2. The van der Waals surface area contributed by atoms with Crippen molar-refractivity contribution in [1.82, 2.24) is 0 Å². The summed E-state index contributed by atoms with van der Waals surface area (Å²) in [4.78, 5) is 0. The summed E-state index contributed by atoms with van der Waals surface area (Å²) in [6.07, 6.45) is -4.82. The van der Waals surface area contributed by atoms with Gasteiger partial charge in [-0.1, -0.05) is 0 Å². The lowest BCUT2D eigenvalue weighted by Gasteiger charge is -2.39. The Kier molecular flexibility index (Phi) is 5.77. The number of hydrogen-bond acceptors (Lipinski definition) is 10. The van der Waals surface area contributed by atoms with Crippen LogP contribution in [0.5, 0.6) is 28.7 Å². The molecular formula is C23H24O10. The van der Waals surface area contributed by atoms with Crippen molar-refractivity contribution < 1.29 is 48.8 Å². The standard InChI is InChI=1S/C23H24O10/c1-28-16-7-18-17(30-10-31-18)6-14(16)12-4-11-2-3-13(5-15(11)29-9-12)32-23-22(27)21(26)20(25)19(8-24)33-23/h2-7,19-27H,8-10H2,1H3. The third-order valence-corrected chi connectivity index (χ3v) is 5.84. The molecule has 0 saturated carbocycles. The van der Waals surface area contributed by atoms with Crippen molar-refractivity contribution in [2.75, 3.05) is 27.1 Å². The predicted octanol–water partition coefficient (Wildman–Crippen LogP) is 0.536. The van der Waals surface area contributed by atoms with Gasteiger partial charge in [0.05, 0.1) is 13.7 Å². The molecule has 10 nitrogen and oxygen atoms in total. The van der Waals surface area contributed by atoms with Crippen LogP contribution in [0.1, 0.15) is 11.1 Å². The molecule has 0 bridgehead atoms. The summed E-state index contributed by atoms with van der Waals surface area (Å²) in [5, 5.41) is 39.4. The van der Waals surface area contributed by atoms with Gasteiger partial charge < -0.3 is 48.8 Å². The zero-order chi connectivity index (χ0) is 23.1. The Morgan fingerprint density at radius 3 is 2.48 bits per heavy atom. The first-order chi connectivity index (χ1) is 16.0. The maximum Gasteiger partial charge on any atom is 0.231 e. The van der Waals surface area contributed by atoms with E-state index in [0.29, 0.717) is 28.7 Å². The Bertz CT molecular complexity index is 1070. The highest BCUT2D eigenvalue weighted by molar-refractivity contribution is 5.88. The van der Waals surface area contributed by atoms with Gasteiger partial charge >= 0.3 is 0 Å². The van der Waals surface area contributed by atoms with Crippen LogP contribution >= 0.6 is 0 Å². The molecule has 4 N–H and O–H groups in total. The fraction of sp³-hybridized carbons (Fsp3) is 0.391. The topological polar surface area (TPSA) is 136 Å². The molecule has 0 amide bonds. The molecule has 3 heterocycles. The van der Waals surface area contributed by atoms with Crippen LogP contribution in [0.3, 0.4) is 0 Å². The lowest BCUT2D eigenvalue weighted by molar-refractivity contribution is -0.277. The van der Waals surface area contributed by atoms with Crippen molar-refractivity contribution >= 4 is 11.6 Å². The van der Waals surface area contributed by atoms with E-state index in [1.54, 1.807) is 31.4 Å². The summed E-state index contributed by atoms with van der Waals surface area (Å²) < 4.78 is 33.4. The fourth-order valence-electron chi connectivity index (χ4n) is 4.01. The Labute approximate surface area is 189 Å². The number of benzene rings is 2. The van der Waals surface area contributed by atoms with Crippen molar-refractivity contribution in [3.8, 4) is 28.7 Å². The third-order valence-electron chi connectivity index (χ3n) is 5.84. The molecule has 33 heavy (non-hydrogen) atoms. The van der Waals surface area contributed by atoms with Crippen LogP contribution in [-0.2, 0) is 4.74 Å². The van der Waals surface area contributed by atoms with Gasteiger partial charge in [-0.15, -0.1) is 0 Å². The van der Waals surface area contributed by atoms with Crippen molar-refractivity contribution in [3.63, 3.8) is 0 Å². The highest BCUT2D eigenvalue weighted by Crippen LogP contribution is 2.43. The maximum atomic E-state index is 10.2. The first-order valence-corrected chi connectivity index (χ1v) is 10.4. The predicted molar refractivity (Wildman–Crippen MR) is 113 cm³/mol. The van der Waals surface area contributed by atoms with E-state index in [1.165, 1.54) is 0 Å². The van der Waals surface area contributed by atoms with Gasteiger partial charge in [-0.2, -0.15) is 0 Å². The van der Waals surface area contributed by atoms with Crippen LogP contribution in [-0.4, -0.2) is 78.2 Å². The Morgan fingerprint density at radius 1 is 0.939 bits per heavy atom. The summed E-state index contributed by atoms with van der Waals surface area (Å²) in [6.45, 7) is -0.0982. The van der Waals surface area contributed by atoms with Gasteiger partial charge in [0.25, 0.3) is 0 Å². The van der Waals surface area contributed by atoms with Crippen molar-refractivity contribution in [2.24, 2.45) is 0 Å². The Balaban J connectivity index is 1.37. The molecule has 5 atom stereocenters. The van der Waals surface area contributed by atoms with E-state index < -0.39 is 37.3 Å². The van der Waals surface area contributed by atoms with Gasteiger partial charge in [-0.3, -0.25) is 0 Å². The summed E-state index contributed by atoms with van der Waals surface area (Å²) in [5.74, 6) is 2.79. The molecule has 5 rings (SSSR count). The summed E-state index contributed by atoms with van der Waals surface area (Å²) in [6, 6.07) is 8.73. The van der Waals surface area contributed by atoms with E-state index in [1.807, 2.05) is 12.1 Å². The number of hydrogen-bond donors (Lipinski definition) is 4. The number of methoxy groups -OCH3 is 1. The van der Waals surface area contributed by atoms with Gasteiger partial charge in [-0.25, -0.2) is 0 Å². The number of fused-ring (bicyclic) bond motifs is 2. The van der Waals surface area contributed by atoms with Crippen molar-refractivity contribution in [3.05, 3.63) is 41.5 Å². The summed E-state index contributed by atoms with van der Waals surface area (Å²) in [5.41, 5.74) is 2.52. The van der Waals surface area contributed by atoms with E-state index in [9.17, 15) is 20.4 Å². The molecule has 0 spiro atoms. The minimum atomic E-state index is -1.52. The second-order valence-electron chi connectivity index (χ2n) is 7.88. The smallest absolute Gasteiger partial charge is 0.231 e. The second kappa shape index (κ2) is 8.73. The van der Waals surface area contributed by atoms with E-state index in [4.69, 9.17) is 28.4 Å². The lowest BCUT2D eigenvalue weighted by Crippen LogP contribution is -2.60. The van der Waals surface area contributed by atoms with E-state index in [0.717, 1.165) is 16.7 Å². The number of aliphatic hydroxyl groups excluding tert-OH is 4. The van der Waals surface area contributed by atoms with E-state index >= 15 is 0 Å². The third kappa shape index (κ3) is 3.96. The molecule has 176 valence electrons. The molecule has 5 unspecified atom stereocenters. The quantitative estimate of drug-likeness (QED) is 0.500. The largest absolute Gasteiger partial charge is 0.496 e. The second-order valence-corrected chi connectivity index (χ2v) is 7.88. The van der Waals surface area contributed by atoms with Gasteiger partial charge in [0.2, 0.25) is 13.1 Å². The molecule has 1 fully saturated rings. The summed E-state index contributed by atoms with van der Waals surface area (Å²) >= 11 is 0. The van der Waals surface area contributed by atoms with Crippen molar-refractivity contribution in [1.29, 1.82) is 0 Å². The van der Waals surface area contributed by atoms with Crippen LogP contribution in [0.15, 0.2) is 30.3 Å². The first kappa shape index (κ1) is 21.8. The number of aliphatic hydroxyl groups is 4. The molecule has 1 saturated heterocycles. The monoisotopic (exact) mass is 460 g/mol. The van der Waals surface area contributed by atoms with Crippen LogP contribution in [0, 0.1) is 0 Å². The molecule has 0 radical (unpaired) electrons. The average molecular weight is 460 g/mol. The Morgan fingerprint density at radius 2 is 1.73 bits per heavy atom. The zero-order valence-corrected chi connectivity index (χ0v) is 17.7.